The summed E-state index contributed by atoms with van der Waals surface area (Å²) in [6, 6.07) is 14.2. The summed E-state index contributed by atoms with van der Waals surface area (Å²) >= 11 is 0. The smallest absolute Gasteiger partial charge is 0.230 e. The Morgan fingerprint density at radius 3 is 2.38 bits per heavy atom. The molecule has 0 bridgehead atoms. The van der Waals surface area contributed by atoms with Gasteiger partial charge in [-0.2, -0.15) is 0 Å². The summed E-state index contributed by atoms with van der Waals surface area (Å²) in [6.45, 7) is 4.39. The first-order valence-electron chi connectivity index (χ1n) is 8.00. The normalized spacial score (nSPS) is 15.6. The van der Waals surface area contributed by atoms with Gasteiger partial charge in [-0.15, -0.1) is 20.4 Å². The highest BCUT2D eigenvalue weighted by Crippen LogP contribution is 2.19. The molecule has 0 N–H and O–H groups in total. The molecule has 7 nitrogen and oxygen atoms in total. The number of hydrogen-bond donors (Lipinski definition) is 0. The van der Waals surface area contributed by atoms with Gasteiger partial charge in [0.1, 0.15) is 0 Å². The van der Waals surface area contributed by atoms with Crippen molar-refractivity contribution in [1.29, 1.82) is 0 Å². The maximum absolute atomic E-state index is 5.20. The van der Waals surface area contributed by atoms with Crippen LogP contribution in [-0.4, -0.2) is 51.5 Å². The van der Waals surface area contributed by atoms with E-state index in [0.717, 1.165) is 43.3 Å². The Morgan fingerprint density at radius 2 is 1.71 bits per heavy atom. The van der Waals surface area contributed by atoms with E-state index in [2.05, 4.69) is 30.2 Å². The third-order valence-electron chi connectivity index (χ3n) is 4.18. The molecule has 4 rings (SSSR count). The van der Waals surface area contributed by atoms with Crippen molar-refractivity contribution in [3.63, 3.8) is 0 Å². The fourth-order valence-electron chi connectivity index (χ4n) is 2.85. The van der Waals surface area contributed by atoms with Crippen molar-refractivity contribution in [2.75, 3.05) is 31.1 Å². The Balaban J connectivity index is 1.37. The molecule has 1 fully saturated rings. The molecule has 122 valence electrons. The first-order valence-corrected chi connectivity index (χ1v) is 8.00. The van der Waals surface area contributed by atoms with Crippen LogP contribution in [0, 0.1) is 0 Å². The van der Waals surface area contributed by atoms with Crippen LogP contribution in [0.2, 0.25) is 0 Å². The summed E-state index contributed by atoms with van der Waals surface area (Å²) in [5, 5.41) is 16.4. The molecule has 1 aliphatic heterocycles. The summed E-state index contributed by atoms with van der Waals surface area (Å²) in [5.74, 6) is 1.59. The van der Waals surface area contributed by atoms with E-state index in [-0.39, 0.29) is 0 Å². The Morgan fingerprint density at radius 1 is 0.875 bits per heavy atom. The Kier molecular flexibility index (Phi) is 4.16. The standard InChI is InChI=1S/C17H18N6O/c1-2-4-14(5-3-1)15-6-7-16(20-19-15)23-10-8-22(9-11-23)12-17-21-18-13-24-17/h1-7,13H,8-12H2. The molecule has 1 saturated heterocycles. The maximum Gasteiger partial charge on any atom is 0.230 e. The molecule has 3 heterocycles. The van der Waals surface area contributed by atoms with E-state index < -0.39 is 0 Å². The van der Waals surface area contributed by atoms with Crippen LogP contribution in [-0.2, 0) is 6.54 Å². The van der Waals surface area contributed by atoms with Crippen LogP contribution in [0.3, 0.4) is 0 Å². The predicted octanol–water partition coefficient (Wildman–Crippen LogP) is 1.85. The van der Waals surface area contributed by atoms with E-state index >= 15 is 0 Å². The van der Waals surface area contributed by atoms with Crippen molar-refractivity contribution in [2.24, 2.45) is 0 Å². The van der Waals surface area contributed by atoms with Crippen molar-refractivity contribution >= 4 is 5.82 Å². The van der Waals surface area contributed by atoms with Crippen molar-refractivity contribution in [3.8, 4) is 11.3 Å². The van der Waals surface area contributed by atoms with E-state index in [1.54, 1.807) is 0 Å². The van der Waals surface area contributed by atoms with Gasteiger partial charge in [0.2, 0.25) is 12.3 Å². The Hall–Kier alpha value is -2.80. The molecular weight excluding hydrogens is 304 g/mol. The minimum atomic E-state index is 0.662. The average molecular weight is 322 g/mol. The molecule has 0 saturated carbocycles. The van der Waals surface area contributed by atoms with Gasteiger partial charge in [0.05, 0.1) is 12.2 Å². The minimum Gasteiger partial charge on any atom is -0.427 e. The molecule has 1 aromatic carbocycles. The SMILES string of the molecule is c1ccc(-c2ccc(N3CCN(Cc4nnco4)CC3)nn2)cc1. The highest BCUT2D eigenvalue weighted by atomic mass is 16.4. The van der Waals surface area contributed by atoms with Crippen molar-refractivity contribution in [3.05, 3.63) is 54.7 Å². The zero-order chi connectivity index (χ0) is 16.2. The molecule has 7 heteroatoms. The number of hydrogen-bond acceptors (Lipinski definition) is 7. The molecular formula is C17H18N6O. The van der Waals surface area contributed by atoms with E-state index in [9.17, 15) is 0 Å². The van der Waals surface area contributed by atoms with Gasteiger partial charge in [-0.3, -0.25) is 4.90 Å². The topological polar surface area (TPSA) is 71.2 Å². The summed E-state index contributed by atoms with van der Waals surface area (Å²) in [5.41, 5.74) is 1.98. The largest absolute Gasteiger partial charge is 0.427 e. The fraction of sp³-hybridized carbons (Fsp3) is 0.294. The maximum atomic E-state index is 5.20. The van der Waals surface area contributed by atoms with Crippen LogP contribution < -0.4 is 4.90 Å². The molecule has 0 spiro atoms. The Labute approximate surface area is 139 Å². The lowest BCUT2D eigenvalue weighted by atomic mass is 10.1. The lowest BCUT2D eigenvalue weighted by Gasteiger charge is -2.34. The molecule has 3 aromatic rings. The molecule has 0 radical (unpaired) electrons. The van der Waals surface area contributed by atoms with Crippen molar-refractivity contribution in [1.82, 2.24) is 25.3 Å². The average Bonchev–Trinajstić information content (AvgIpc) is 3.16. The molecule has 0 unspecified atom stereocenters. The van der Waals surface area contributed by atoms with Gasteiger partial charge in [0, 0.05) is 31.7 Å². The van der Waals surface area contributed by atoms with Crippen LogP contribution >= 0.6 is 0 Å². The highest BCUT2D eigenvalue weighted by molar-refractivity contribution is 5.59. The van der Waals surface area contributed by atoms with Gasteiger partial charge < -0.3 is 9.32 Å². The summed E-state index contributed by atoms with van der Waals surface area (Å²) in [7, 11) is 0. The lowest BCUT2D eigenvalue weighted by Crippen LogP contribution is -2.46. The number of piperazine rings is 1. The monoisotopic (exact) mass is 322 g/mol. The third-order valence-corrected chi connectivity index (χ3v) is 4.18. The zero-order valence-electron chi connectivity index (χ0n) is 13.2. The van der Waals surface area contributed by atoms with E-state index in [0.29, 0.717) is 12.4 Å². The summed E-state index contributed by atoms with van der Waals surface area (Å²) in [4.78, 5) is 4.56. The van der Waals surface area contributed by atoms with Crippen LogP contribution in [0.25, 0.3) is 11.3 Å². The molecule has 24 heavy (non-hydrogen) atoms. The van der Waals surface area contributed by atoms with Gasteiger partial charge >= 0.3 is 0 Å². The van der Waals surface area contributed by atoms with Gasteiger partial charge in [-0.1, -0.05) is 30.3 Å². The number of nitrogens with zero attached hydrogens (tertiary/aromatic N) is 6. The number of anilines is 1. The first-order chi connectivity index (χ1) is 11.9. The van der Waals surface area contributed by atoms with Crippen LogP contribution in [0.1, 0.15) is 5.89 Å². The predicted molar refractivity (Wildman–Crippen MR) is 89.3 cm³/mol. The van der Waals surface area contributed by atoms with Crippen molar-refractivity contribution < 1.29 is 4.42 Å². The van der Waals surface area contributed by atoms with E-state index in [1.807, 2.05) is 42.5 Å². The van der Waals surface area contributed by atoms with E-state index in [4.69, 9.17) is 4.42 Å². The van der Waals surface area contributed by atoms with Crippen LogP contribution in [0.15, 0.2) is 53.3 Å². The Bertz CT molecular complexity index is 752. The zero-order valence-corrected chi connectivity index (χ0v) is 13.2. The van der Waals surface area contributed by atoms with Gasteiger partial charge in [0.25, 0.3) is 0 Å². The first kappa shape index (κ1) is 14.8. The molecule has 1 aliphatic rings. The second-order valence-corrected chi connectivity index (χ2v) is 5.74. The van der Waals surface area contributed by atoms with Gasteiger partial charge in [-0.25, -0.2) is 0 Å². The van der Waals surface area contributed by atoms with Gasteiger partial charge in [-0.05, 0) is 12.1 Å². The number of benzene rings is 1. The van der Waals surface area contributed by atoms with Crippen LogP contribution in [0.4, 0.5) is 5.82 Å². The molecule has 0 amide bonds. The molecule has 2 aromatic heterocycles. The highest BCUT2D eigenvalue weighted by Gasteiger charge is 2.19. The quantitative estimate of drug-likeness (QED) is 0.726. The fourth-order valence-corrected chi connectivity index (χ4v) is 2.85. The lowest BCUT2D eigenvalue weighted by molar-refractivity contribution is 0.225. The summed E-state index contributed by atoms with van der Waals surface area (Å²) < 4.78 is 5.20. The molecule has 0 aliphatic carbocycles. The number of aromatic nitrogens is 4. The van der Waals surface area contributed by atoms with E-state index in [1.165, 1.54) is 6.39 Å². The minimum absolute atomic E-state index is 0.662. The second kappa shape index (κ2) is 6.76. The number of rotatable bonds is 4. The second-order valence-electron chi connectivity index (χ2n) is 5.74. The summed E-state index contributed by atoms with van der Waals surface area (Å²) in [6.07, 6.45) is 1.37. The molecule has 0 atom stereocenters. The van der Waals surface area contributed by atoms with Crippen LogP contribution in [0.5, 0.6) is 0 Å². The van der Waals surface area contributed by atoms with Crippen molar-refractivity contribution in [2.45, 2.75) is 6.54 Å². The van der Waals surface area contributed by atoms with Gasteiger partial charge in [0.15, 0.2) is 5.82 Å². The third kappa shape index (κ3) is 3.26.